The molecule has 0 fully saturated rings. The summed E-state index contributed by atoms with van der Waals surface area (Å²) in [6.07, 6.45) is 0. The molecule has 230 valence electrons. The first-order valence-electron chi connectivity index (χ1n) is 13.6. The van der Waals surface area contributed by atoms with E-state index >= 15 is 0 Å². The zero-order valence-corrected chi connectivity index (χ0v) is 26.2. The number of nitrogens with zero attached hydrogens (tertiary/aromatic N) is 2. The van der Waals surface area contributed by atoms with Crippen LogP contribution >= 0.6 is 23.2 Å². The number of carbonyl (C=O) groups excluding carboxylic acids is 2. The Balaban J connectivity index is 1.71. The molecule has 0 saturated heterocycles. The van der Waals surface area contributed by atoms with E-state index in [1.165, 1.54) is 35.2 Å². The lowest BCUT2D eigenvalue weighted by Crippen LogP contribution is -2.51. The third-order valence-electron chi connectivity index (χ3n) is 6.68. The molecule has 0 aromatic heterocycles. The van der Waals surface area contributed by atoms with Gasteiger partial charge in [0.05, 0.1) is 20.6 Å². The van der Waals surface area contributed by atoms with E-state index in [1.807, 2.05) is 13.8 Å². The SMILES string of the molecule is CC(C)CNC(=O)[C@H](C)N(Cc1ccc(Cl)c(Cl)c1)C(=O)CN(c1ccc(F)cc1)S(=O)(=O)c1ccc2c(c1)OCCO2. The molecule has 13 heteroatoms. The Morgan fingerprint density at radius 2 is 1.60 bits per heavy atom. The molecule has 0 spiro atoms. The molecule has 3 aromatic rings. The number of benzene rings is 3. The maximum atomic E-state index is 14.0. The molecular formula is C30H32Cl2FN3O6S. The molecule has 1 aliphatic heterocycles. The van der Waals surface area contributed by atoms with Crippen molar-refractivity contribution in [1.82, 2.24) is 10.2 Å². The van der Waals surface area contributed by atoms with E-state index in [9.17, 15) is 22.4 Å². The smallest absolute Gasteiger partial charge is 0.264 e. The summed E-state index contributed by atoms with van der Waals surface area (Å²) in [6.45, 7) is 5.64. The van der Waals surface area contributed by atoms with E-state index in [2.05, 4.69) is 5.32 Å². The third kappa shape index (κ3) is 7.90. The molecule has 0 bridgehead atoms. The molecule has 2 amide bonds. The maximum Gasteiger partial charge on any atom is 0.264 e. The Bertz CT molecular complexity index is 1590. The molecule has 0 unspecified atom stereocenters. The summed E-state index contributed by atoms with van der Waals surface area (Å²) in [5.74, 6) is -0.865. The lowest BCUT2D eigenvalue weighted by Gasteiger charge is -2.32. The Morgan fingerprint density at radius 1 is 0.930 bits per heavy atom. The highest BCUT2D eigenvalue weighted by atomic mass is 35.5. The summed E-state index contributed by atoms with van der Waals surface area (Å²) >= 11 is 12.3. The van der Waals surface area contributed by atoms with Gasteiger partial charge in [-0.1, -0.05) is 43.1 Å². The predicted molar refractivity (Wildman–Crippen MR) is 163 cm³/mol. The van der Waals surface area contributed by atoms with Crippen LogP contribution in [0.5, 0.6) is 11.5 Å². The largest absolute Gasteiger partial charge is 0.486 e. The van der Waals surface area contributed by atoms with Crippen molar-refractivity contribution in [3.63, 3.8) is 0 Å². The lowest BCUT2D eigenvalue weighted by molar-refractivity contribution is -0.139. The van der Waals surface area contributed by atoms with Crippen molar-refractivity contribution < 1.29 is 31.9 Å². The highest BCUT2D eigenvalue weighted by molar-refractivity contribution is 7.92. The number of hydrogen-bond acceptors (Lipinski definition) is 6. The van der Waals surface area contributed by atoms with Crippen LogP contribution in [0.3, 0.4) is 0 Å². The molecule has 1 heterocycles. The molecule has 0 aliphatic carbocycles. The fourth-order valence-corrected chi connectivity index (χ4v) is 6.07. The first-order chi connectivity index (χ1) is 20.4. The minimum Gasteiger partial charge on any atom is -0.486 e. The highest BCUT2D eigenvalue weighted by Gasteiger charge is 2.33. The highest BCUT2D eigenvalue weighted by Crippen LogP contribution is 2.34. The monoisotopic (exact) mass is 651 g/mol. The normalized spacial score (nSPS) is 13.4. The molecule has 0 saturated carbocycles. The maximum absolute atomic E-state index is 14.0. The molecule has 4 rings (SSSR count). The second kappa shape index (κ2) is 13.8. The fourth-order valence-electron chi connectivity index (χ4n) is 4.32. The molecule has 1 aliphatic rings. The Morgan fingerprint density at radius 3 is 2.26 bits per heavy atom. The lowest BCUT2D eigenvalue weighted by atomic mass is 10.1. The quantitative estimate of drug-likeness (QED) is 0.302. The van der Waals surface area contributed by atoms with Crippen LogP contribution < -0.4 is 19.1 Å². The molecule has 1 N–H and O–H groups in total. The Kier molecular flexibility index (Phi) is 10.4. The van der Waals surface area contributed by atoms with Gasteiger partial charge >= 0.3 is 0 Å². The molecule has 0 radical (unpaired) electrons. The van der Waals surface area contributed by atoms with Gasteiger partial charge in [0, 0.05) is 19.2 Å². The summed E-state index contributed by atoms with van der Waals surface area (Å²) in [4.78, 5) is 28.2. The van der Waals surface area contributed by atoms with Gasteiger partial charge in [0.1, 0.15) is 31.6 Å². The Hall–Kier alpha value is -3.54. The number of amides is 2. The first kappa shape index (κ1) is 32.4. The zero-order valence-electron chi connectivity index (χ0n) is 23.8. The second-order valence-corrected chi connectivity index (χ2v) is 13.1. The van der Waals surface area contributed by atoms with Gasteiger partial charge in [-0.2, -0.15) is 0 Å². The van der Waals surface area contributed by atoms with Crippen LogP contribution in [0, 0.1) is 11.7 Å². The number of hydrogen-bond donors (Lipinski definition) is 1. The van der Waals surface area contributed by atoms with Gasteiger partial charge < -0.3 is 19.7 Å². The van der Waals surface area contributed by atoms with Crippen LogP contribution in [-0.2, 0) is 26.2 Å². The van der Waals surface area contributed by atoms with E-state index in [0.717, 1.165) is 16.4 Å². The number of fused-ring (bicyclic) bond motifs is 1. The van der Waals surface area contributed by atoms with Gasteiger partial charge in [-0.05, 0) is 66.9 Å². The van der Waals surface area contributed by atoms with Crippen LogP contribution in [0.2, 0.25) is 10.0 Å². The minimum atomic E-state index is -4.39. The number of carbonyl (C=O) groups is 2. The van der Waals surface area contributed by atoms with Gasteiger partial charge in [-0.25, -0.2) is 12.8 Å². The molecule has 3 aromatic carbocycles. The second-order valence-electron chi connectivity index (χ2n) is 10.4. The summed E-state index contributed by atoms with van der Waals surface area (Å²) in [7, 11) is -4.39. The van der Waals surface area contributed by atoms with Crippen molar-refractivity contribution in [3.8, 4) is 11.5 Å². The van der Waals surface area contributed by atoms with Crippen LogP contribution in [0.25, 0.3) is 0 Å². The van der Waals surface area contributed by atoms with Crippen molar-refractivity contribution in [1.29, 1.82) is 0 Å². The number of ether oxygens (including phenoxy) is 2. The van der Waals surface area contributed by atoms with Gasteiger partial charge in [0.15, 0.2) is 11.5 Å². The van der Waals surface area contributed by atoms with Gasteiger partial charge in [-0.15, -0.1) is 0 Å². The van der Waals surface area contributed by atoms with Gasteiger partial charge in [-0.3, -0.25) is 13.9 Å². The van der Waals surface area contributed by atoms with Crippen molar-refractivity contribution in [2.45, 2.75) is 38.3 Å². The van der Waals surface area contributed by atoms with E-state index < -0.39 is 40.2 Å². The van der Waals surface area contributed by atoms with Crippen molar-refractivity contribution in [2.75, 3.05) is 30.6 Å². The first-order valence-corrected chi connectivity index (χ1v) is 15.8. The summed E-state index contributed by atoms with van der Waals surface area (Å²) in [5, 5.41) is 3.40. The average molecular weight is 653 g/mol. The van der Waals surface area contributed by atoms with Crippen LogP contribution in [-0.4, -0.2) is 57.5 Å². The number of sulfonamides is 1. The van der Waals surface area contributed by atoms with Crippen LogP contribution in [0.4, 0.5) is 10.1 Å². The van der Waals surface area contributed by atoms with E-state index in [0.29, 0.717) is 29.5 Å². The van der Waals surface area contributed by atoms with Gasteiger partial charge in [0.25, 0.3) is 10.0 Å². The van der Waals surface area contributed by atoms with E-state index in [4.69, 9.17) is 32.7 Å². The number of nitrogens with one attached hydrogen (secondary N) is 1. The summed E-state index contributed by atoms with van der Waals surface area (Å²) in [5.41, 5.74) is 0.630. The molecular weight excluding hydrogens is 620 g/mol. The van der Waals surface area contributed by atoms with Crippen molar-refractivity contribution >= 4 is 50.7 Å². The van der Waals surface area contributed by atoms with Gasteiger partial charge in [0.2, 0.25) is 11.8 Å². The Labute approximate surface area is 260 Å². The molecule has 9 nitrogen and oxygen atoms in total. The van der Waals surface area contributed by atoms with Crippen LogP contribution in [0.15, 0.2) is 65.6 Å². The van der Waals surface area contributed by atoms with E-state index in [1.54, 1.807) is 25.1 Å². The van der Waals surface area contributed by atoms with Crippen LogP contribution in [0.1, 0.15) is 26.3 Å². The summed E-state index contributed by atoms with van der Waals surface area (Å²) < 4.78 is 53.9. The minimum absolute atomic E-state index is 0.0519. The predicted octanol–water partition coefficient (Wildman–Crippen LogP) is 5.29. The van der Waals surface area contributed by atoms with E-state index in [-0.39, 0.29) is 40.4 Å². The molecule has 43 heavy (non-hydrogen) atoms. The van der Waals surface area contributed by atoms with Crippen molar-refractivity contribution in [3.05, 3.63) is 82.1 Å². The van der Waals surface area contributed by atoms with Crippen molar-refractivity contribution in [2.24, 2.45) is 5.92 Å². The summed E-state index contributed by atoms with van der Waals surface area (Å²) in [6, 6.07) is 12.7. The number of anilines is 1. The standard InChI is InChI=1S/C30H32Cl2FN3O6S/c1-19(2)16-34-30(38)20(3)35(17-21-4-10-25(31)26(32)14-21)29(37)18-36(23-7-5-22(33)6-8-23)43(39,40)24-9-11-27-28(15-24)42-13-12-41-27/h4-11,14-15,19-20H,12-13,16-18H2,1-3H3,(H,34,38)/t20-/m0/s1. The fraction of sp³-hybridized carbons (Fsp3) is 0.333. The number of rotatable bonds is 11. The zero-order chi connectivity index (χ0) is 31.3. The topological polar surface area (TPSA) is 105 Å². The average Bonchev–Trinajstić information content (AvgIpc) is 2.98. The third-order valence-corrected chi connectivity index (χ3v) is 9.19. The molecule has 1 atom stereocenters. The number of halogens is 3.